The van der Waals surface area contributed by atoms with Gasteiger partial charge in [0, 0.05) is 29.6 Å². The van der Waals surface area contributed by atoms with E-state index in [9.17, 15) is 13.2 Å². The highest BCUT2D eigenvalue weighted by Crippen LogP contribution is 2.36. The van der Waals surface area contributed by atoms with Crippen molar-refractivity contribution in [3.8, 4) is 11.5 Å². The average Bonchev–Trinajstić information content (AvgIpc) is 3.24. The molecule has 2 heterocycles. The molecular weight excluding hydrogens is 452 g/mol. The molecule has 0 amide bonds. The fraction of sp³-hybridized carbons (Fsp3) is 0.348. The highest BCUT2D eigenvalue weighted by atomic mass is 35.5. The molecule has 1 aromatic heterocycles. The quantitative estimate of drug-likeness (QED) is 0.590. The molecule has 0 unspecified atom stereocenters. The Hall–Kier alpha value is -2.55. The topological polar surface area (TPSA) is 88.7 Å². The zero-order chi connectivity index (χ0) is 22.3. The van der Waals surface area contributed by atoms with E-state index in [1.165, 1.54) is 10.4 Å². The number of pyridine rings is 1. The largest absolute Gasteiger partial charge is 0.454 e. The number of rotatable bonds is 5. The van der Waals surface area contributed by atoms with Gasteiger partial charge >= 0.3 is 0 Å². The molecule has 2 aliphatic rings. The molecule has 0 spiro atoms. The number of nitrogens with zero attached hydrogens (tertiary/aromatic N) is 1. The first-order valence-corrected chi connectivity index (χ1v) is 12.5. The molecule has 9 heteroatoms. The highest BCUT2D eigenvalue weighted by Gasteiger charge is 2.34. The minimum atomic E-state index is -3.91. The van der Waals surface area contributed by atoms with Gasteiger partial charge in [-0.2, -0.15) is 4.31 Å². The molecule has 0 atom stereocenters. The zero-order valence-corrected chi connectivity index (χ0v) is 18.9. The summed E-state index contributed by atoms with van der Waals surface area (Å²) in [4.78, 5) is 15.8. The van der Waals surface area contributed by atoms with Crippen LogP contribution in [-0.2, 0) is 16.6 Å². The lowest BCUT2D eigenvalue weighted by Gasteiger charge is -2.33. The van der Waals surface area contributed by atoms with Crippen LogP contribution >= 0.6 is 11.6 Å². The average molecular weight is 475 g/mol. The van der Waals surface area contributed by atoms with Crippen LogP contribution in [0.1, 0.15) is 37.7 Å². The minimum Gasteiger partial charge on any atom is -0.454 e. The third kappa shape index (κ3) is 3.87. The second-order valence-electron chi connectivity index (χ2n) is 8.19. The number of nitrogens with one attached hydrogen (secondary N) is 1. The first-order valence-electron chi connectivity index (χ1n) is 10.7. The monoisotopic (exact) mass is 474 g/mol. The first kappa shape index (κ1) is 21.3. The zero-order valence-electron chi connectivity index (χ0n) is 17.3. The molecule has 1 aliphatic heterocycles. The van der Waals surface area contributed by atoms with Crippen molar-refractivity contribution >= 4 is 32.5 Å². The van der Waals surface area contributed by atoms with Crippen molar-refractivity contribution in [2.75, 3.05) is 6.79 Å². The molecule has 0 saturated heterocycles. The SMILES string of the molecule is O=c1[nH]c2cc3c(cc2cc1CN(C1CCCCC1)S(=O)(=O)c1ccccc1Cl)OCO3. The number of ether oxygens (including phenoxy) is 2. The summed E-state index contributed by atoms with van der Waals surface area (Å²) in [6.45, 7) is 0.103. The summed E-state index contributed by atoms with van der Waals surface area (Å²) in [5, 5.41) is 0.927. The van der Waals surface area contributed by atoms with Gasteiger partial charge in [-0.05, 0) is 37.1 Å². The van der Waals surface area contributed by atoms with E-state index in [1.54, 1.807) is 36.4 Å². The molecule has 168 valence electrons. The van der Waals surface area contributed by atoms with E-state index in [-0.39, 0.29) is 34.9 Å². The Morgan fingerprint density at radius 2 is 1.75 bits per heavy atom. The van der Waals surface area contributed by atoms with Crippen molar-refractivity contribution in [3.63, 3.8) is 0 Å². The van der Waals surface area contributed by atoms with Crippen molar-refractivity contribution in [1.82, 2.24) is 9.29 Å². The van der Waals surface area contributed by atoms with Gasteiger partial charge in [0.05, 0.1) is 10.5 Å². The summed E-state index contributed by atoms with van der Waals surface area (Å²) in [6, 6.07) is 11.5. The number of H-pyrrole nitrogens is 1. The Balaban J connectivity index is 1.57. The number of hydrogen-bond acceptors (Lipinski definition) is 5. The number of aromatic nitrogens is 1. The summed E-state index contributed by atoms with van der Waals surface area (Å²) in [5.41, 5.74) is 0.658. The Morgan fingerprint density at radius 1 is 1.03 bits per heavy atom. The van der Waals surface area contributed by atoms with E-state index in [4.69, 9.17) is 21.1 Å². The number of hydrogen-bond donors (Lipinski definition) is 1. The highest BCUT2D eigenvalue weighted by molar-refractivity contribution is 7.89. The third-order valence-corrected chi connectivity index (χ3v) is 8.54. The fourth-order valence-electron chi connectivity index (χ4n) is 4.49. The standard InChI is InChI=1S/C23H23ClN2O5S/c24-18-8-4-5-9-22(18)32(28,29)26(17-6-2-1-3-7-17)13-16-10-15-11-20-21(31-14-30-20)12-19(15)25-23(16)27/h4-5,8-12,17H,1-3,6-7,13-14H2,(H,25,27). The molecule has 1 saturated carbocycles. The van der Waals surface area contributed by atoms with Gasteiger partial charge in [0.25, 0.3) is 5.56 Å². The fourth-order valence-corrected chi connectivity index (χ4v) is 6.64. The second kappa shape index (κ2) is 8.42. The maximum absolute atomic E-state index is 13.7. The van der Waals surface area contributed by atoms with Crippen LogP contribution in [0.25, 0.3) is 10.9 Å². The van der Waals surface area contributed by atoms with Gasteiger partial charge in [-0.1, -0.05) is 43.0 Å². The summed E-state index contributed by atoms with van der Waals surface area (Å²) in [7, 11) is -3.91. The molecule has 7 nitrogen and oxygen atoms in total. The van der Waals surface area contributed by atoms with Crippen LogP contribution in [0.15, 0.2) is 52.2 Å². The van der Waals surface area contributed by atoms with Gasteiger partial charge in [0.2, 0.25) is 16.8 Å². The first-order chi connectivity index (χ1) is 15.4. The van der Waals surface area contributed by atoms with Crippen molar-refractivity contribution in [3.05, 3.63) is 63.4 Å². The van der Waals surface area contributed by atoms with Gasteiger partial charge < -0.3 is 14.5 Å². The van der Waals surface area contributed by atoms with Gasteiger partial charge in [0.1, 0.15) is 4.90 Å². The number of halogens is 1. The minimum absolute atomic E-state index is 0.0298. The maximum Gasteiger partial charge on any atom is 0.252 e. The van der Waals surface area contributed by atoms with Crippen LogP contribution in [0.4, 0.5) is 0 Å². The van der Waals surface area contributed by atoms with Crippen LogP contribution in [0.2, 0.25) is 5.02 Å². The predicted octanol–water partition coefficient (Wildman–Crippen LogP) is 4.43. The van der Waals surface area contributed by atoms with Crippen LogP contribution in [0.5, 0.6) is 11.5 Å². The maximum atomic E-state index is 13.7. The Bertz CT molecular complexity index is 1330. The number of fused-ring (bicyclic) bond motifs is 2. The number of benzene rings is 2. The molecule has 5 rings (SSSR count). The summed E-state index contributed by atoms with van der Waals surface area (Å²) in [6.07, 6.45) is 4.51. The van der Waals surface area contributed by atoms with E-state index in [2.05, 4.69) is 4.98 Å². The van der Waals surface area contributed by atoms with E-state index in [0.29, 0.717) is 22.6 Å². The molecular formula is C23H23ClN2O5S. The van der Waals surface area contributed by atoms with Crippen molar-refractivity contribution in [2.24, 2.45) is 0 Å². The lowest BCUT2D eigenvalue weighted by molar-refractivity contribution is 0.174. The number of sulfonamides is 1. The van der Waals surface area contributed by atoms with Gasteiger partial charge in [0.15, 0.2) is 11.5 Å². The summed E-state index contributed by atoms with van der Waals surface area (Å²) < 4.78 is 39.6. The Labute approximate surface area is 191 Å². The van der Waals surface area contributed by atoms with Crippen molar-refractivity contribution in [2.45, 2.75) is 49.6 Å². The molecule has 1 N–H and O–H groups in total. The molecule has 0 bridgehead atoms. The van der Waals surface area contributed by atoms with E-state index in [0.717, 1.165) is 37.5 Å². The summed E-state index contributed by atoms with van der Waals surface area (Å²) >= 11 is 6.26. The van der Waals surface area contributed by atoms with Gasteiger partial charge in [-0.15, -0.1) is 0 Å². The van der Waals surface area contributed by atoms with Crippen LogP contribution < -0.4 is 15.0 Å². The van der Waals surface area contributed by atoms with Crippen LogP contribution in [0, 0.1) is 0 Å². The molecule has 1 fully saturated rings. The third-order valence-electron chi connectivity index (χ3n) is 6.15. The van der Waals surface area contributed by atoms with Crippen molar-refractivity contribution < 1.29 is 17.9 Å². The summed E-state index contributed by atoms with van der Waals surface area (Å²) in [5.74, 6) is 1.18. The molecule has 0 radical (unpaired) electrons. The lowest BCUT2D eigenvalue weighted by atomic mass is 9.95. The van der Waals surface area contributed by atoms with Gasteiger partial charge in [-0.3, -0.25) is 4.79 Å². The normalized spacial score (nSPS) is 16.7. The molecule has 32 heavy (non-hydrogen) atoms. The molecule has 2 aromatic carbocycles. The van der Waals surface area contributed by atoms with Gasteiger partial charge in [-0.25, -0.2) is 8.42 Å². The Kier molecular flexibility index (Phi) is 5.61. The number of aromatic amines is 1. The van der Waals surface area contributed by atoms with Crippen LogP contribution in [-0.4, -0.2) is 30.5 Å². The van der Waals surface area contributed by atoms with E-state index < -0.39 is 10.0 Å². The van der Waals surface area contributed by atoms with E-state index in [1.807, 2.05) is 0 Å². The van der Waals surface area contributed by atoms with Crippen LogP contribution in [0.3, 0.4) is 0 Å². The smallest absolute Gasteiger partial charge is 0.252 e. The molecule has 1 aliphatic carbocycles. The lowest BCUT2D eigenvalue weighted by Crippen LogP contribution is -2.42. The predicted molar refractivity (Wildman–Crippen MR) is 122 cm³/mol. The van der Waals surface area contributed by atoms with Crippen molar-refractivity contribution in [1.29, 1.82) is 0 Å². The Morgan fingerprint density at radius 3 is 2.50 bits per heavy atom. The molecule has 3 aromatic rings. The second-order valence-corrected chi connectivity index (χ2v) is 10.5. The van der Waals surface area contributed by atoms with E-state index >= 15 is 0 Å².